The van der Waals surface area contributed by atoms with Crippen LogP contribution in [0, 0.1) is 19.3 Å². The van der Waals surface area contributed by atoms with Crippen LogP contribution in [-0.2, 0) is 16.0 Å². The van der Waals surface area contributed by atoms with E-state index in [4.69, 9.17) is 11.5 Å². The van der Waals surface area contributed by atoms with Crippen LogP contribution in [0.1, 0.15) is 18.1 Å². The van der Waals surface area contributed by atoms with Crippen molar-refractivity contribution in [2.45, 2.75) is 20.3 Å². The van der Waals surface area contributed by atoms with Crippen LogP contribution in [0.3, 0.4) is 0 Å². The zero-order chi connectivity index (χ0) is 15.8. The van der Waals surface area contributed by atoms with E-state index in [1.807, 2.05) is 32.0 Å². The van der Waals surface area contributed by atoms with Crippen molar-refractivity contribution < 1.29 is 14.7 Å². The first-order valence-corrected chi connectivity index (χ1v) is 6.73. The summed E-state index contributed by atoms with van der Waals surface area (Å²) in [5.41, 5.74) is 2.82. The Hall–Kier alpha value is -2.32. The maximum Gasteiger partial charge on any atom is 0.317 e. The Morgan fingerprint density at radius 3 is 2.67 bits per heavy atom. The molecule has 0 aliphatic heterocycles. The van der Waals surface area contributed by atoms with Crippen molar-refractivity contribution >= 4 is 17.6 Å². The van der Waals surface area contributed by atoms with Crippen molar-refractivity contribution in [2.24, 2.45) is 0 Å². The van der Waals surface area contributed by atoms with Crippen molar-refractivity contribution in [1.29, 1.82) is 0 Å². The molecule has 0 fully saturated rings. The number of para-hydroxylation sites is 1. The number of nitrogens with one attached hydrogen (secondary N) is 1. The quantitative estimate of drug-likeness (QED) is 0.746. The Morgan fingerprint density at radius 1 is 1.38 bits per heavy atom. The van der Waals surface area contributed by atoms with E-state index in [2.05, 4.69) is 11.2 Å². The Bertz CT molecular complexity index is 561. The number of carboxylic acid groups (broad SMARTS) is 1. The van der Waals surface area contributed by atoms with Gasteiger partial charge in [-0.15, -0.1) is 6.42 Å². The molecule has 0 aliphatic carbocycles. The number of anilines is 1. The lowest BCUT2D eigenvalue weighted by atomic mass is 10.1. The van der Waals surface area contributed by atoms with Gasteiger partial charge in [0.1, 0.15) is 0 Å². The summed E-state index contributed by atoms with van der Waals surface area (Å²) in [7, 11) is 0. The number of terminal acetylenes is 1. The van der Waals surface area contributed by atoms with Crippen LogP contribution in [0.4, 0.5) is 5.69 Å². The minimum Gasteiger partial charge on any atom is -0.480 e. The van der Waals surface area contributed by atoms with Crippen LogP contribution in [0.5, 0.6) is 0 Å². The molecule has 5 heteroatoms. The van der Waals surface area contributed by atoms with Gasteiger partial charge in [0, 0.05) is 5.69 Å². The highest BCUT2D eigenvalue weighted by atomic mass is 16.4. The standard InChI is InChI=1S/C16H20N2O3/c1-4-9-18(11-15(20)21)10-14(19)17-16-12(3)7-6-8-13(16)5-2/h1,6-8H,5,9-11H2,2-3H3,(H,17,19)(H,20,21). The zero-order valence-electron chi connectivity index (χ0n) is 12.3. The predicted octanol–water partition coefficient (Wildman–Crippen LogP) is 1.52. The summed E-state index contributed by atoms with van der Waals surface area (Å²) < 4.78 is 0. The summed E-state index contributed by atoms with van der Waals surface area (Å²) in [6, 6.07) is 5.82. The molecular weight excluding hydrogens is 268 g/mol. The molecule has 5 nitrogen and oxygen atoms in total. The van der Waals surface area contributed by atoms with E-state index in [1.54, 1.807) is 0 Å². The van der Waals surface area contributed by atoms with Gasteiger partial charge in [-0.3, -0.25) is 14.5 Å². The van der Waals surface area contributed by atoms with Gasteiger partial charge in [-0.2, -0.15) is 0 Å². The molecule has 0 atom stereocenters. The molecule has 0 aliphatic rings. The summed E-state index contributed by atoms with van der Waals surface area (Å²) in [5.74, 6) is 1.08. The van der Waals surface area contributed by atoms with Crippen LogP contribution >= 0.6 is 0 Å². The fourth-order valence-corrected chi connectivity index (χ4v) is 2.07. The van der Waals surface area contributed by atoms with Crippen molar-refractivity contribution in [2.75, 3.05) is 25.0 Å². The van der Waals surface area contributed by atoms with Gasteiger partial charge in [-0.25, -0.2) is 0 Å². The first kappa shape index (κ1) is 16.7. The maximum atomic E-state index is 12.1. The van der Waals surface area contributed by atoms with Gasteiger partial charge >= 0.3 is 5.97 Å². The number of carboxylic acids is 1. The van der Waals surface area contributed by atoms with Crippen molar-refractivity contribution in [3.8, 4) is 12.3 Å². The molecule has 0 heterocycles. The van der Waals surface area contributed by atoms with Crippen LogP contribution < -0.4 is 5.32 Å². The molecule has 0 bridgehead atoms. The molecule has 0 saturated carbocycles. The van der Waals surface area contributed by atoms with E-state index >= 15 is 0 Å². The first-order chi connectivity index (χ1) is 9.97. The second-order valence-electron chi connectivity index (χ2n) is 4.75. The lowest BCUT2D eigenvalue weighted by molar-refractivity contribution is -0.138. The SMILES string of the molecule is C#CCN(CC(=O)O)CC(=O)Nc1c(C)cccc1CC. The van der Waals surface area contributed by atoms with Gasteiger partial charge in [0.05, 0.1) is 19.6 Å². The lowest BCUT2D eigenvalue weighted by Gasteiger charge is -2.18. The number of hydrogen-bond acceptors (Lipinski definition) is 3. The van der Waals surface area contributed by atoms with Gasteiger partial charge in [0.2, 0.25) is 5.91 Å². The fraction of sp³-hybridized carbons (Fsp3) is 0.375. The van der Waals surface area contributed by atoms with E-state index < -0.39 is 5.97 Å². The van der Waals surface area contributed by atoms with Crippen LogP contribution in [0.2, 0.25) is 0 Å². The first-order valence-electron chi connectivity index (χ1n) is 6.73. The molecular formula is C16H20N2O3. The molecule has 1 rings (SSSR count). The van der Waals surface area contributed by atoms with Crippen LogP contribution in [0.25, 0.3) is 0 Å². The number of rotatable bonds is 7. The van der Waals surface area contributed by atoms with Gasteiger partial charge in [-0.1, -0.05) is 31.0 Å². The Labute approximate surface area is 125 Å². The fourth-order valence-electron chi connectivity index (χ4n) is 2.07. The van der Waals surface area contributed by atoms with Gasteiger partial charge < -0.3 is 10.4 Å². The van der Waals surface area contributed by atoms with Crippen LogP contribution in [-0.4, -0.2) is 41.5 Å². The van der Waals surface area contributed by atoms with Crippen molar-refractivity contribution in [3.63, 3.8) is 0 Å². The summed E-state index contributed by atoms with van der Waals surface area (Å²) in [5, 5.41) is 11.6. The Morgan fingerprint density at radius 2 is 2.10 bits per heavy atom. The topological polar surface area (TPSA) is 69.6 Å². The molecule has 0 spiro atoms. The minimum atomic E-state index is -1.01. The molecule has 0 saturated heterocycles. The molecule has 0 unspecified atom stereocenters. The highest BCUT2D eigenvalue weighted by molar-refractivity contribution is 5.94. The molecule has 21 heavy (non-hydrogen) atoms. The third-order valence-corrected chi connectivity index (χ3v) is 3.05. The van der Waals surface area contributed by atoms with Gasteiger partial charge in [-0.05, 0) is 24.5 Å². The number of aliphatic carboxylic acids is 1. The maximum absolute atomic E-state index is 12.1. The Kier molecular flexibility index (Phi) is 6.44. The van der Waals surface area contributed by atoms with E-state index in [1.165, 1.54) is 4.90 Å². The average Bonchev–Trinajstić information content (AvgIpc) is 2.40. The van der Waals surface area contributed by atoms with Crippen molar-refractivity contribution in [1.82, 2.24) is 4.90 Å². The second kappa shape index (κ2) is 8.08. The number of aryl methyl sites for hydroxylation is 2. The monoisotopic (exact) mass is 288 g/mol. The van der Waals surface area contributed by atoms with E-state index in [-0.39, 0.29) is 25.5 Å². The van der Waals surface area contributed by atoms with E-state index in [9.17, 15) is 9.59 Å². The molecule has 2 N–H and O–H groups in total. The van der Waals surface area contributed by atoms with Crippen molar-refractivity contribution in [3.05, 3.63) is 29.3 Å². The molecule has 1 aromatic carbocycles. The number of nitrogens with zero attached hydrogens (tertiary/aromatic N) is 1. The average molecular weight is 288 g/mol. The Balaban J connectivity index is 2.77. The summed E-state index contributed by atoms with van der Waals surface area (Å²) in [6.45, 7) is 3.75. The highest BCUT2D eigenvalue weighted by Gasteiger charge is 2.14. The number of amides is 1. The lowest BCUT2D eigenvalue weighted by Crippen LogP contribution is -2.37. The van der Waals surface area contributed by atoms with E-state index in [0.717, 1.165) is 23.2 Å². The molecule has 1 aromatic rings. The number of carbonyl (C=O) groups is 2. The number of benzene rings is 1. The number of hydrogen-bond donors (Lipinski definition) is 2. The summed E-state index contributed by atoms with van der Waals surface area (Å²) in [4.78, 5) is 24.2. The molecule has 1 amide bonds. The third-order valence-electron chi connectivity index (χ3n) is 3.05. The van der Waals surface area contributed by atoms with E-state index in [0.29, 0.717) is 0 Å². The zero-order valence-corrected chi connectivity index (χ0v) is 12.3. The largest absolute Gasteiger partial charge is 0.480 e. The normalized spacial score (nSPS) is 10.2. The minimum absolute atomic E-state index is 0.0476. The second-order valence-corrected chi connectivity index (χ2v) is 4.75. The highest BCUT2D eigenvalue weighted by Crippen LogP contribution is 2.20. The van der Waals surface area contributed by atoms with Gasteiger partial charge in [0.15, 0.2) is 0 Å². The summed E-state index contributed by atoms with van der Waals surface area (Å²) >= 11 is 0. The third kappa shape index (κ3) is 5.28. The molecule has 0 aromatic heterocycles. The summed E-state index contributed by atoms with van der Waals surface area (Å²) in [6.07, 6.45) is 5.99. The smallest absolute Gasteiger partial charge is 0.317 e. The van der Waals surface area contributed by atoms with Crippen LogP contribution in [0.15, 0.2) is 18.2 Å². The molecule has 112 valence electrons. The number of carbonyl (C=O) groups excluding carboxylic acids is 1. The van der Waals surface area contributed by atoms with Gasteiger partial charge in [0.25, 0.3) is 0 Å². The molecule has 0 radical (unpaired) electrons. The predicted molar refractivity (Wildman–Crippen MR) is 82.1 cm³/mol.